The number of benzene rings is 1. The van der Waals surface area contributed by atoms with Crippen LogP contribution < -0.4 is 5.56 Å². The standard InChI is InChI=1S/C22H28N6O2/c1-17-19(16-23-28(17)20-11-12-21(29)25-24-20)22(30)27(15-14-26(2)3)13-7-10-18-8-5-4-6-9-18/h4-6,8-9,11-12,16H,7,10,13-15H2,1-3H3,(H,25,29). The molecule has 1 aromatic carbocycles. The smallest absolute Gasteiger partial charge is 0.264 e. The van der Waals surface area contributed by atoms with Crippen molar-refractivity contribution in [1.82, 2.24) is 29.8 Å². The minimum Gasteiger partial charge on any atom is -0.337 e. The van der Waals surface area contributed by atoms with Gasteiger partial charge in [-0.2, -0.15) is 10.2 Å². The summed E-state index contributed by atoms with van der Waals surface area (Å²) < 4.78 is 1.57. The summed E-state index contributed by atoms with van der Waals surface area (Å²) in [5.41, 5.74) is 2.22. The van der Waals surface area contributed by atoms with Crippen LogP contribution in [0.25, 0.3) is 5.82 Å². The molecule has 0 bridgehead atoms. The zero-order chi connectivity index (χ0) is 21.5. The van der Waals surface area contributed by atoms with Crippen LogP contribution in [0.2, 0.25) is 0 Å². The van der Waals surface area contributed by atoms with E-state index in [1.807, 2.05) is 44.1 Å². The van der Waals surface area contributed by atoms with Crippen LogP contribution in [-0.2, 0) is 6.42 Å². The summed E-state index contributed by atoms with van der Waals surface area (Å²) in [5, 5.41) is 10.7. The van der Waals surface area contributed by atoms with Crippen molar-refractivity contribution in [2.24, 2.45) is 0 Å². The molecule has 3 rings (SSSR count). The van der Waals surface area contributed by atoms with Gasteiger partial charge in [0, 0.05) is 25.7 Å². The van der Waals surface area contributed by atoms with Gasteiger partial charge in [-0.3, -0.25) is 9.59 Å². The Balaban J connectivity index is 1.74. The lowest BCUT2D eigenvalue weighted by atomic mass is 10.1. The maximum absolute atomic E-state index is 13.3. The fraction of sp³-hybridized carbons (Fsp3) is 0.364. The Hall–Kier alpha value is -3.26. The van der Waals surface area contributed by atoms with Crippen molar-refractivity contribution in [1.29, 1.82) is 0 Å². The predicted octanol–water partition coefficient (Wildman–Crippen LogP) is 1.90. The number of hydrogen-bond acceptors (Lipinski definition) is 5. The van der Waals surface area contributed by atoms with Crippen LogP contribution in [0.15, 0.2) is 53.5 Å². The third kappa shape index (κ3) is 5.42. The van der Waals surface area contributed by atoms with Gasteiger partial charge in [-0.05, 0) is 45.5 Å². The molecule has 0 atom stereocenters. The summed E-state index contributed by atoms with van der Waals surface area (Å²) in [6, 6.07) is 13.3. The maximum Gasteiger partial charge on any atom is 0.264 e. The van der Waals surface area contributed by atoms with Gasteiger partial charge in [-0.1, -0.05) is 30.3 Å². The van der Waals surface area contributed by atoms with Crippen LogP contribution >= 0.6 is 0 Å². The first-order chi connectivity index (χ1) is 14.5. The van der Waals surface area contributed by atoms with Gasteiger partial charge < -0.3 is 9.80 Å². The van der Waals surface area contributed by atoms with E-state index in [0.717, 1.165) is 19.4 Å². The number of aryl methyl sites for hydroxylation is 1. The third-order valence-corrected chi connectivity index (χ3v) is 4.96. The van der Waals surface area contributed by atoms with Gasteiger partial charge in [0.1, 0.15) is 0 Å². The van der Waals surface area contributed by atoms with Gasteiger partial charge in [0.15, 0.2) is 5.82 Å². The molecular weight excluding hydrogens is 380 g/mol. The van der Waals surface area contributed by atoms with Gasteiger partial charge >= 0.3 is 0 Å². The molecule has 0 unspecified atom stereocenters. The molecule has 0 aliphatic heterocycles. The first kappa shape index (κ1) is 21.4. The lowest BCUT2D eigenvalue weighted by Crippen LogP contribution is -2.37. The first-order valence-corrected chi connectivity index (χ1v) is 10.0. The lowest BCUT2D eigenvalue weighted by Gasteiger charge is -2.24. The fourth-order valence-corrected chi connectivity index (χ4v) is 3.23. The Morgan fingerprint density at radius 1 is 1.07 bits per heavy atom. The number of nitrogens with zero attached hydrogens (tertiary/aromatic N) is 5. The molecule has 0 aliphatic rings. The number of carbonyl (C=O) groups excluding carboxylic acids is 1. The fourth-order valence-electron chi connectivity index (χ4n) is 3.23. The van der Waals surface area contributed by atoms with Crippen LogP contribution in [0.1, 0.15) is 28.0 Å². The molecule has 8 nitrogen and oxygen atoms in total. The van der Waals surface area contributed by atoms with E-state index in [1.54, 1.807) is 16.9 Å². The average molecular weight is 409 g/mol. The highest BCUT2D eigenvalue weighted by Gasteiger charge is 2.21. The molecule has 158 valence electrons. The Morgan fingerprint density at radius 3 is 2.50 bits per heavy atom. The monoisotopic (exact) mass is 408 g/mol. The summed E-state index contributed by atoms with van der Waals surface area (Å²) in [5.74, 6) is 0.424. The highest BCUT2D eigenvalue weighted by atomic mass is 16.2. The Bertz CT molecular complexity index is 1010. The molecule has 2 heterocycles. The van der Waals surface area contributed by atoms with Crippen LogP contribution in [0.3, 0.4) is 0 Å². The second-order valence-electron chi connectivity index (χ2n) is 7.52. The van der Waals surface area contributed by atoms with Crippen LogP contribution in [0.4, 0.5) is 0 Å². The molecule has 1 amide bonds. The van der Waals surface area contributed by atoms with Crippen LogP contribution in [0.5, 0.6) is 0 Å². The minimum atomic E-state index is -0.284. The summed E-state index contributed by atoms with van der Waals surface area (Å²) >= 11 is 0. The van der Waals surface area contributed by atoms with Gasteiger partial charge in [-0.25, -0.2) is 9.78 Å². The molecule has 30 heavy (non-hydrogen) atoms. The summed E-state index contributed by atoms with van der Waals surface area (Å²) in [7, 11) is 4.00. The van der Waals surface area contributed by atoms with E-state index in [9.17, 15) is 9.59 Å². The van der Waals surface area contributed by atoms with E-state index in [-0.39, 0.29) is 11.5 Å². The van der Waals surface area contributed by atoms with Crippen molar-refractivity contribution in [3.63, 3.8) is 0 Å². The molecule has 2 aromatic heterocycles. The Labute approximate surface area is 176 Å². The number of nitrogens with one attached hydrogen (secondary N) is 1. The van der Waals surface area contributed by atoms with Crippen molar-refractivity contribution in [2.45, 2.75) is 19.8 Å². The van der Waals surface area contributed by atoms with Gasteiger partial charge in [0.2, 0.25) is 0 Å². The molecule has 3 aromatic rings. The highest BCUT2D eigenvalue weighted by molar-refractivity contribution is 5.95. The number of carbonyl (C=O) groups is 1. The van der Waals surface area contributed by atoms with Crippen molar-refractivity contribution in [3.8, 4) is 5.82 Å². The van der Waals surface area contributed by atoms with E-state index in [4.69, 9.17) is 0 Å². The van der Waals surface area contributed by atoms with Crippen LogP contribution in [-0.4, -0.2) is 69.4 Å². The average Bonchev–Trinajstić information content (AvgIpc) is 3.12. The van der Waals surface area contributed by atoms with Crippen LogP contribution in [0, 0.1) is 6.92 Å². The number of aromatic nitrogens is 4. The van der Waals surface area contributed by atoms with Gasteiger partial charge in [0.05, 0.1) is 17.5 Å². The van der Waals surface area contributed by atoms with Crippen molar-refractivity contribution in [2.75, 3.05) is 33.7 Å². The predicted molar refractivity (Wildman–Crippen MR) is 116 cm³/mol. The Kier molecular flexibility index (Phi) is 7.13. The molecule has 0 saturated heterocycles. The zero-order valence-electron chi connectivity index (χ0n) is 17.7. The number of likely N-dealkylation sites (N-methyl/N-ethyl adjacent to an activating group) is 1. The second kappa shape index (κ2) is 9.98. The maximum atomic E-state index is 13.3. The van der Waals surface area contributed by atoms with Crippen molar-refractivity contribution >= 4 is 5.91 Å². The van der Waals surface area contributed by atoms with E-state index in [0.29, 0.717) is 30.2 Å². The molecule has 0 aliphatic carbocycles. The second-order valence-corrected chi connectivity index (χ2v) is 7.52. The van der Waals surface area contributed by atoms with E-state index < -0.39 is 0 Å². The SMILES string of the molecule is Cc1c(C(=O)N(CCCc2ccccc2)CCN(C)C)cnn1-c1ccc(=O)[nH]n1. The Morgan fingerprint density at radius 2 is 1.83 bits per heavy atom. The van der Waals surface area contributed by atoms with Gasteiger partial charge in [0.25, 0.3) is 11.5 Å². The molecule has 0 fully saturated rings. The van der Waals surface area contributed by atoms with Crippen molar-refractivity contribution < 1.29 is 4.79 Å². The number of amides is 1. The first-order valence-electron chi connectivity index (χ1n) is 10.0. The molecule has 8 heteroatoms. The molecule has 0 radical (unpaired) electrons. The summed E-state index contributed by atoms with van der Waals surface area (Å²) in [6.07, 6.45) is 3.38. The number of rotatable bonds is 9. The topological polar surface area (TPSA) is 87.1 Å². The number of aromatic amines is 1. The lowest BCUT2D eigenvalue weighted by molar-refractivity contribution is 0.0742. The zero-order valence-corrected chi connectivity index (χ0v) is 17.7. The third-order valence-electron chi connectivity index (χ3n) is 4.96. The summed E-state index contributed by atoms with van der Waals surface area (Å²) in [4.78, 5) is 28.5. The van der Waals surface area contributed by atoms with E-state index in [2.05, 4.69) is 32.3 Å². The molecule has 0 spiro atoms. The largest absolute Gasteiger partial charge is 0.337 e. The quantitative estimate of drug-likeness (QED) is 0.584. The van der Waals surface area contributed by atoms with Crippen molar-refractivity contribution in [3.05, 3.63) is 75.8 Å². The number of hydrogen-bond donors (Lipinski definition) is 1. The van der Waals surface area contributed by atoms with E-state index in [1.165, 1.54) is 11.6 Å². The van der Waals surface area contributed by atoms with E-state index >= 15 is 0 Å². The molecule has 1 N–H and O–H groups in total. The normalized spacial score (nSPS) is 11.1. The molecular formula is C22H28N6O2. The highest BCUT2D eigenvalue weighted by Crippen LogP contribution is 2.15. The molecule has 0 saturated carbocycles. The summed E-state index contributed by atoms with van der Waals surface area (Å²) in [6.45, 7) is 3.93. The minimum absolute atomic E-state index is 0.0434. The van der Waals surface area contributed by atoms with Gasteiger partial charge in [-0.15, -0.1) is 0 Å². The number of H-pyrrole nitrogens is 1.